The molecule has 0 saturated heterocycles. The lowest BCUT2D eigenvalue weighted by Crippen LogP contribution is -1.90. The number of aromatic nitrogens is 2. The van der Waals surface area contributed by atoms with Crippen LogP contribution in [-0.2, 0) is 6.42 Å². The molecule has 1 heterocycles. The van der Waals surface area contributed by atoms with E-state index in [1.807, 2.05) is 18.2 Å². The van der Waals surface area contributed by atoms with Gasteiger partial charge in [0.25, 0.3) is 0 Å². The standard InChI is InChI=1S/C14H10BrFN2/c15-11-2-1-3-12-14(11)18-13(17-12)8-9-4-6-10(16)7-5-9/h1-7H,8H2,(H,17,18). The molecule has 0 spiro atoms. The van der Waals surface area contributed by atoms with Gasteiger partial charge in [-0.1, -0.05) is 18.2 Å². The summed E-state index contributed by atoms with van der Waals surface area (Å²) >= 11 is 3.47. The fraction of sp³-hybridized carbons (Fsp3) is 0.0714. The van der Waals surface area contributed by atoms with E-state index in [9.17, 15) is 4.39 Å². The number of benzene rings is 2. The molecule has 1 aromatic heterocycles. The summed E-state index contributed by atoms with van der Waals surface area (Å²) < 4.78 is 13.8. The van der Waals surface area contributed by atoms with E-state index in [2.05, 4.69) is 25.9 Å². The molecule has 2 nitrogen and oxygen atoms in total. The smallest absolute Gasteiger partial charge is 0.123 e. The second-order valence-electron chi connectivity index (χ2n) is 4.12. The number of rotatable bonds is 2. The number of aromatic amines is 1. The first-order valence-corrected chi connectivity index (χ1v) is 6.39. The van der Waals surface area contributed by atoms with Gasteiger partial charge in [-0.2, -0.15) is 0 Å². The van der Waals surface area contributed by atoms with Crippen LogP contribution in [-0.4, -0.2) is 9.97 Å². The van der Waals surface area contributed by atoms with Crippen molar-refractivity contribution in [2.75, 3.05) is 0 Å². The number of nitrogens with zero attached hydrogens (tertiary/aromatic N) is 1. The summed E-state index contributed by atoms with van der Waals surface area (Å²) in [5.41, 5.74) is 2.96. The summed E-state index contributed by atoms with van der Waals surface area (Å²) in [6, 6.07) is 12.4. The normalized spacial score (nSPS) is 11.0. The molecular formula is C14H10BrFN2. The summed E-state index contributed by atoms with van der Waals surface area (Å²) in [6.07, 6.45) is 0.668. The predicted molar refractivity (Wildman–Crippen MR) is 73.0 cm³/mol. The summed E-state index contributed by atoms with van der Waals surface area (Å²) in [4.78, 5) is 7.80. The fourth-order valence-corrected chi connectivity index (χ4v) is 2.38. The molecule has 4 heteroatoms. The topological polar surface area (TPSA) is 28.7 Å². The van der Waals surface area contributed by atoms with Crippen molar-refractivity contribution in [2.45, 2.75) is 6.42 Å². The van der Waals surface area contributed by atoms with E-state index in [0.717, 1.165) is 26.9 Å². The Balaban J connectivity index is 1.95. The Labute approximate surface area is 112 Å². The molecule has 3 aromatic rings. The Morgan fingerprint density at radius 2 is 1.89 bits per heavy atom. The maximum Gasteiger partial charge on any atom is 0.123 e. The highest BCUT2D eigenvalue weighted by atomic mass is 79.9. The molecular weight excluding hydrogens is 295 g/mol. The monoisotopic (exact) mass is 304 g/mol. The first-order chi connectivity index (χ1) is 8.72. The largest absolute Gasteiger partial charge is 0.342 e. The van der Waals surface area contributed by atoms with Crippen molar-refractivity contribution >= 4 is 27.0 Å². The van der Waals surface area contributed by atoms with Crippen LogP contribution in [0.2, 0.25) is 0 Å². The highest BCUT2D eigenvalue weighted by Gasteiger charge is 2.06. The lowest BCUT2D eigenvalue weighted by Gasteiger charge is -1.97. The van der Waals surface area contributed by atoms with E-state index in [0.29, 0.717) is 6.42 Å². The van der Waals surface area contributed by atoms with Crippen LogP contribution in [0.4, 0.5) is 4.39 Å². The van der Waals surface area contributed by atoms with Gasteiger partial charge in [-0.3, -0.25) is 0 Å². The van der Waals surface area contributed by atoms with Crippen LogP contribution in [0.25, 0.3) is 11.0 Å². The summed E-state index contributed by atoms with van der Waals surface area (Å²) in [5, 5.41) is 0. The van der Waals surface area contributed by atoms with Crippen LogP contribution in [0.3, 0.4) is 0 Å². The van der Waals surface area contributed by atoms with E-state index in [-0.39, 0.29) is 5.82 Å². The van der Waals surface area contributed by atoms with Crippen molar-refractivity contribution < 1.29 is 4.39 Å². The van der Waals surface area contributed by atoms with Crippen molar-refractivity contribution in [2.24, 2.45) is 0 Å². The van der Waals surface area contributed by atoms with Crippen molar-refractivity contribution in [1.82, 2.24) is 9.97 Å². The Morgan fingerprint density at radius 1 is 1.11 bits per heavy atom. The quantitative estimate of drug-likeness (QED) is 0.760. The van der Waals surface area contributed by atoms with Gasteiger partial charge in [0.1, 0.15) is 17.2 Å². The van der Waals surface area contributed by atoms with Gasteiger partial charge in [-0.15, -0.1) is 0 Å². The van der Waals surface area contributed by atoms with E-state index in [1.165, 1.54) is 12.1 Å². The Morgan fingerprint density at radius 3 is 2.61 bits per heavy atom. The van der Waals surface area contributed by atoms with E-state index < -0.39 is 0 Å². The molecule has 0 radical (unpaired) electrons. The summed E-state index contributed by atoms with van der Waals surface area (Å²) in [5.74, 6) is 0.662. The van der Waals surface area contributed by atoms with Crippen molar-refractivity contribution in [3.63, 3.8) is 0 Å². The average Bonchev–Trinajstić information content (AvgIpc) is 2.76. The molecule has 0 saturated carbocycles. The maximum absolute atomic E-state index is 12.8. The molecule has 0 atom stereocenters. The molecule has 0 bridgehead atoms. The third kappa shape index (κ3) is 2.16. The van der Waals surface area contributed by atoms with Gasteiger partial charge in [0, 0.05) is 10.9 Å². The zero-order valence-corrected chi connectivity index (χ0v) is 11.0. The molecule has 0 amide bonds. The molecule has 0 aliphatic heterocycles. The first kappa shape index (κ1) is 11.4. The fourth-order valence-electron chi connectivity index (χ4n) is 1.93. The van der Waals surface area contributed by atoms with E-state index >= 15 is 0 Å². The van der Waals surface area contributed by atoms with Crippen molar-refractivity contribution in [3.8, 4) is 0 Å². The minimum Gasteiger partial charge on any atom is -0.342 e. The van der Waals surface area contributed by atoms with Gasteiger partial charge in [0.05, 0.1) is 5.52 Å². The molecule has 0 unspecified atom stereocenters. The van der Waals surface area contributed by atoms with Crippen LogP contribution in [0, 0.1) is 5.82 Å². The zero-order valence-electron chi connectivity index (χ0n) is 9.45. The molecule has 3 rings (SSSR count). The number of halogens is 2. The van der Waals surface area contributed by atoms with Crippen LogP contribution >= 0.6 is 15.9 Å². The lowest BCUT2D eigenvalue weighted by atomic mass is 10.1. The molecule has 90 valence electrons. The molecule has 0 fully saturated rings. The molecule has 18 heavy (non-hydrogen) atoms. The van der Waals surface area contributed by atoms with Crippen LogP contribution < -0.4 is 0 Å². The Kier molecular flexibility index (Phi) is 2.88. The van der Waals surface area contributed by atoms with E-state index in [1.54, 1.807) is 12.1 Å². The molecule has 2 aromatic carbocycles. The third-order valence-electron chi connectivity index (χ3n) is 2.80. The van der Waals surface area contributed by atoms with Gasteiger partial charge in [0.15, 0.2) is 0 Å². The highest BCUT2D eigenvalue weighted by molar-refractivity contribution is 9.10. The summed E-state index contributed by atoms with van der Waals surface area (Å²) in [7, 11) is 0. The first-order valence-electron chi connectivity index (χ1n) is 5.60. The number of hydrogen-bond donors (Lipinski definition) is 1. The highest BCUT2D eigenvalue weighted by Crippen LogP contribution is 2.22. The van der Waals surface area contributed by atoms with Gasteiger partial charge >= 0.3 is 0 Å². The van der Waals surface area contributed by atoms with Crippen molar-refractivity contribution in [1.29, 1.82) is 0 Å². The predicted octanol–water partition coefficient (Wildman–Crippen LogP) is 4.06. The SMILES string of the molecule is Fc1ccc(Cc2nc3c(Br)cccc3[nH]2)cc1. The Hall–Kier alpha value is -1.68. The maximum atomic E-state index is 12.8. The minimum atomic E-state index is -0.217. The van der Waals surface area contributed by atoms with Crippen LogP contribution in [0.1, 0.15) is 11.4 Å². The second-order valence-corrected chi connectivity index (χ2v) is 4.98. The number of nitrogens with one attached hydrogen (secondary N) is 1. The number of H-pyrrole nitrogens is 1. The van der Waals surface area contributed by atoms with Gasteiger partial charge < -0.3 is 4.98 Å². The van der Waals surface area contributed by atoms with Gasteiger partial charge in [-0.05, 0) is 45.8 Å². The van der Waals surface area contributed by atoms with Crippen molar-refractivity contribution in [3.05, 3.63) is 64.1 Å². The number of para-hydroxylation sites is 1. The zero-order chi connectivity index (χ0) is 12.5. The number of fused-ring (bicyclic) bond motifs is 1. The molecule has 0 aliphatic carbocycles. The van der Waals surface area contributed by atoms with Crippen LogP contribution in [0.5, 0.6) is 0 Å². The Bertz CT molecular complexity index is 689. The van der Waals surface area contributed by atoms with E-state index in [4.69, 9.17) is 0 Å². The van der Waals surface area contributed by atoms with Gasteiger partial charge in [0.2, 0.25) is 0 Å². The second kappa shape index (κ2) is 4.53. The van der Waals surface area contributed by atoms with Crippen LogP contribution in [0.15, 0.2) is 46.9 Å². The number of imidazole rings is 1. The third-order valence-corrected chi connectivity index (χ3v) is 3.44. The number of hydrogen-bond acceptors (Lipinski definition) is 1. The minimum absolute atomic E-state index is 0.217. The lowest BCUT2D eigenvalue weighted by molar-refractivity contribution is 0.627. The molecule has 0 aliphatic rings. The summed E-state index contributed by atoms with van der Waals surface area (Å²) in [6.45, 7) is 0. The average molecular weight is 305 g/mol. The van der Waals surface area contributed by atoms with Gasteiger partial charge in [-0.25, -0.2) is 9.37 Å². The molecule has 1 N–H and O–H groups in total.